The molecule has 0 aromatic heterocycles. The summed E-state index contributed by atoms with van der Waals surface area (Å²) >= 11 is 0. The van der Waals surface area contributed by atoms with Crippen molar-refractivity contribution >= 4 is 11.9 Å². The molecule has 0 atom stereocenters. The van der Waals surface area contributed by atoms with Crippen molar-refractivity contribution in [3.63, 3.8) is 0 Å². The van der Waals surface area contributed by atoms with Gasteiger partial charge >= 0.3 is 0 Å². The molecule has 2 rings (SSSR count). The summed E-state index contributed by atoms with van der Waals surface area (Å²) in [6, 6.07) is 12.3. The second-order valence-electron chi connectivity index (χ2n) is 5.85. The first kappa shape index (κ1) is 20.2. The average Bonchev–Trinajstić information content (AvgIpc) is 2.70. The number of hydrogen-bond donors (Lipinski definition) is 3. The van der Waals surface area contributed by atoms with E-state index in [4.69, 9.17) is 4.74 Å². The predicted octanol–water partition coefficient (Wildman–Crippen LogP) is 2.10. The summed E-state index contributed by atoms with van der Waals surface area (Å²) in [5.74, 6) is 0.346. The summed E-state index contributed by atoms with van der Waals surface area (Å²) in [5.41, 5.74) is 2.48. The number of methoxy groups -OCH3 is 1. The maximum absolute atomic E-state index is 13.7. The Morgan fingerprint density at radius 1 is 1.15 bits per heavy atom. The molecule has 6 nitrogen and oxygen atoms in total. The molecule has 2 aromatic rings. The number of hydrogen-bond acceptors (Lipinski definition) is 3. The third-order valence-electron chi connectivity index (χ3n) is 4.02. The van der Waals surface area contributed by atoms with E-state index in [0.29, 0.717) is 24.6 Å². The maximum atomic E-state index is 13.7. The van der Waals surface area contributed by atoms with Crippen molar-refractivity contribution in [2.45, 2.75) is 13.0 Å². The molecule has 0 saturated carbocycles. The van der Waals surface area contributed by atoms with Crippen LogP contribution in [0.3, 0.4) is 0 Å². The van der Waals surface area contributed by atoms with Crippen LogP contribution in [0.5, 0.6) is 5.75 Å². The fraction of sp³-hybridized carbons (Fsp3) is 0.300. The monoisotopic (exact) mass is 372 g/mol. The number of nitrogens with one attached hydrogen (secondary N) is 3. The lowest BCUT2D eigenvalue weighted by atomic mass is 10.1. The molecule has 0 spiro atoms. The van der Waals surface area contributed by atoms with Crippen LogP contribution in [0.15, 0.2) is 47.5 Å². The Kier molecular flexibility index (Phi) is 7.61. The molecule has 0 saturated heterocycles. The fourth-order valence-corrected chi connectivity index (χ4v) is 2.56. The largest absolute Gasteiger partial charge is 0.494 e. The van der Waals surface area contributed by atoms with Gasteiger partial charge in [-0.3, -0.25) is 9.79 Å². The molecular formula is C20H25FN4O2. The number of carbonyl (C=O) groups is 1. The molecule has 0 bridgehead atoms. The van der Waals surface area contributed by atoms with Crippen molar-refractivity contribution in [2.75, 3.05) is 27.7 Å². The van der Waals surface area contributed by atoms with Gasteiger partial charge in [-0.1, -0.05) is 18.2 Å². The minimum Gasteiger partial charge on any atom is -0.494 e. The number of halogens is 1. The zero-order valence-electron chi connectivity index (χ0n) is 15.8. The van der Waals surface area contributed by atoms with Crippen molar-refractivity contribution in [2.24, 2.45) is 4.99 Å². The first-order valence-corrected chi connectivity index (χ1v) is 8.65. The highest BCUT2D eigenvalue weighted by Crippen LogP contribution is 2.17. The molecule has 0 aliphatic heterocycles. The van der Waals surface area contributed by atoms with Crippen LogP contribution in [0.1, 0.15) is 21.5 Å². The molecule has 0 aliphatic rings. The minimum atomic E-state index is -0.393. The summed E-state index contributed by atoms with van der Waals surface area (Å²) < 4.78 is 18.7. The number of aliphatic imine (C=N–C) groups is 1. The highest BCUT2D eigenvalue weighted by Gasteiger charge is 2.06. The van der Waals surface area contributed by atoms with Gasteiger partial charge in [0.1, 0.15) is 0 Å². The molecule has 144 valence electrons. The third kappa shape index (κ3) is 5.99. The molecule has 1 amide bonds. The van der Waals surface area contributed by atoms with Crippen molar-refractivity contribution in [3.8, 4) is 5.75 Å². The van der Waals surface area contributed by atoms with Crippen molar-refractivity contribution in [3.05, 3.63) is 65.0 Å². The summed E-state index contributed by atoms with van der Waals surface area (Å²) in [4.78, 5) is 15.8. The highest BCUT2D eigenvalue weighted by atomic mass is 19.1. The quantitative estimate of drug-likeness (QED) is 0.514. The lowest BCUT2D eigenvalue weighted by molar-refractivity contribution is 0.0963. The van der Waals surface area contributed by atoms with E-state index in [-0.39, 0.29) is 11.7 Å². The van der Waals surface area contributed by atoms with Gasteiger partial charge in [-0.2, -0.15) is 0 Å². The topological polar surface area (TPSA) is 74.8 Å². The van der Waals surface area contributed by atoms with Crippen LogP contribution in [-0.2, 0) is 13.0 Å². The van der Waals surface area contributed by atoms with E-state index in [9.17, 15) is 9.18 Å². The first-order valence-electron chi connectivity index (χ1n) is 8.65. The predicted molar refractivity (Wildman–Crippen MR) is 105 cm³/mol. The van der Waals surface area contributed by atoms with Gasteiger partial charge in [-0.25, -0.2) is 4.39 Å². The van der Waals surface area contributed by atoms with Gasteiger partial charge in [0.2, 0.25) is 0 Å². The highest BCUT2D eigenvalue weighted by molar-refractivity contribution is 5.94. The third-order valence-corrected chi connectivity index (χ3v) is 4.02. The van der Waals surface area contributed by atoms with Crippen LogP contribution in [0.25, 0.3) is 0 Å². The Hall–Kier alpha value is -3.09. The molecule has 0 heterocycles. The Morgan fingerprint density at radius 2 is 1.96 bits per heavy atom. The number of rotatable bonds is 7. The first-order chi connectivity index (χ1) is 13.1. The van der Waals surface area contributed by atoms with Crippen molar-refractivity contribution in [1.29, 1.82) is 0 Å². The van der Waals surface area contributed by atoms with Crippen molar-refractivity contribution < 1.29 is 13.9 Å². The van der Waals surface area contributed by atoms with E-state index in [2.05, 4.69) is 20.9 Å². The van der Waals surface area contributed by atoms with Gasteiger partial charge < -0.3 is 20.7 Å². The number of ether oxygens (including phenoxy) is 1. The van der Waals surface area contributed by atoms with Crippen LogP contribution in [0.2, 0.25) is 0 Å². The van der Waals surface area contributed by atoms with Crippen LogP contribution < -0.4 is 20.7 Å². The van der Waals surface area contributed by atoms with Gasteiger partial charge in [0.05, 0.1) is 7.11 Å². The summed E-state index contributed by atoms with van der Waals surface area (Å²) in [6.07, 6.45) is 0.739. The van der Waals surface area contributed by atoms with Gasteiger partial charge in [0.15, 0.2) is 17.5 Å². The molecule has 0 aliphatic carbocycles. The van der Waals surface area contributed by atoms with Gasteiger partial charge in [0, 0.05) is 32.7 Å². The molecule has 0 radical (unpaired) electrons. The lowest BCUT2D eigenvalue weighted by Crippen LogP contribution is -2.37. The van der Waals surface area contributed by atoms with E-state index in [1.807, 2.05) is 18.2 Å². The van der Waals surface area contributed by atoms with Crippen LogP contribution in [0, 0.1) is 5.82 Å². The Balaban J connectivity index is 1.84. The van der Waals surface area contributed by atoms with E-state index in [1.165, 1.54) is 13.2 Å². The molecule has 3 N–H and O–H groups in total. The van der Waals surface area contributed by atoms with E-state index in [0.717, 1.165) is 17.5 Å². The van der Waals surface area contributed by atoms with Gasteiger partial charge in [-0.15, -0.1) is 0 Å². The number of nitrogens with zero attached hydrogens (tertiary/aromatic N) is 1. The standard InChI is InChI=1S/C20H25FN4O2/c1-22-19(26)16-6-4-5-14(11-16)9-10-24-20(23-2)25-13-15-7-8-18(27-3)17(21)12-15/h4-8,11-12H,9-10,13H2,1-3H3,(H,22,26)(H2,23,24,25). The number of guanidine groups is 1. The zero-order chi connectivity index (χ0) is 19.6. The summed E-state index contributed by atoms with van der Waals surface area (Å²) in [6.45, 7) is 1.08. The smallest absolute Gasteiger partial charge is 0.251 e. The lowest BCUT2D eigenvalue weighted by Gasteiger charge is -2.13. The van der Waals surface area contributed by atoms with Crippen molar-refractivity contribution in [1.82, 2.24) is 16.0 Å². The van der Waals surface area contributed by atoms with Gasteiger partial charge in [0.25, 0.3) is 5.91 Å². The normalized spacial score (nSPS) is 11.0. The number of amides is 1. The molecule has 0 unspecified atom stereocenters. The van der Waals surface area contributed by atoms with Crippen LogP contribution >= 0.6 is 0 Å². The number of benzene rings is 2. The Labute approximate surface area is 158 Å². The minimum absolute atomic E-state index is 0.103. The van der Waals surface area contributed by atoms with E-state index >= 15 is 0 Å². The second-order valence-corrected chi connectivity index (χ2v) is 5.85. The van der Waals surface area contributed by atoms with Crippen LogP contribution in [-0.4, -0.2) is 39.6 Å². The summed E-state index contributed by atoms with van der Waals surface area (Å²) in [7, 11) is 4.73. The van der Waals surface area contributed by atoms with E-state index in [1.54, 1.807) is 32.3 Å². The fourth-order valence-electron chi connectivity index (χ4n) is 2.56. The second kappa shape index (κ2) is 10.2. The zero-order valence-corrected chi connectivity index (χ0v) is 15.8. The van der Waals surface area contributed by atoms with Gasteiger partial charge in [-0.05, 0) is 41.8 Å². The van der Waals surface area contributed by atoms with Crippen LogP contribution in [0.4, 0.5) is 4.39 Å². The number of carbonyl (C=O) groups excluding carboxylic acids is 1. The Morgan fingerprint density at radius 3 is 2.63 bits per heavy atom. The summed E-state index contributed by atoms with van der Waals surface area (Å²) in [5, 5.41) is 8.97. The maximum Gasteiger partial charge on any atom is 0.251 e. The molecule has 2 aromatic carbocycles. The Bertz CT molecular complexity index is 808. The molecular weight excluding hydrogens is 347 g/mol. The SMILES string of the molecule is CN=C(NCCc1cccc(C(=O)NC)c1)NCc1ccc(OC)c(F)c1. The molecule has 7 heteroatoms. The molecule has 27 heavy (non-hydrogen) atoms. The average molecular weight is 372 g/mol. The molecule has 0 fully saturated rings. The van der Waals surface area contributed by atoms with E-state index < -0.39 is 5.82 Å².